The molecule has 122 valence electrons. The zero-order chi connectivity index (χ0) is 16.7. The average molecular weight is 316 g/mol. The Morgan fingerprint density at radius 3 is 2.91 bits per heavy atom. The Morgan fingerprint density at radius 2 is 2.17 bits per heavy atom. The van der Waals surface area contributed by atoms with Crippen LogP contribution in [-0.4, -0.2) is 37.3 Å². The van der Waals surface area contributed by atoms with Crippen LogP contribution in [0.2, 0.25) is 0 Å². The van der Waals surface area contributed by atoms with Crippen LogP contribution >= 0.6 is 0 Å². The molecule has 2 aromatic rings. The fourth-order valence-corrected chi connectivity index (χ4v) is 2.16. The Morgan fingerprint density at radius 1 is 1.35 bits per heavy atom. The second-order valence-electron chi connectivity index (χ2n) is 4.91. The molecule has 0 unspecified atom stereocenters. The van der Waals surface area contributed by atoms with Crippen molar-refractivity contribution in [3.63, 3.8) is 0 Å². The molecule has 0 fully saturated rings. The number of carbonyl (C=O) groups excluding carboxylic acids is 1. The van der Waals surface area contributed by atoms with E-state index in [2.05, 4.69) is 11.9 Å². The third kappa shape index (κ3) is 4.20. The second kappa shape index (κ2) is 8.14. The van der Waals surface area contributed by atoms with Gasteiger partial charge in [0.15, 0.2) is 6.61 Å². The van der Waals surface area contributed by atoms with Crippen LogP contribution in [0.1, 0.15) is 0 Å². The lowest BCUT2D eigenvalue weighted by atomic mass is 10.1. The molecule has 0 spiro atoms. The van der Waals surface area contributed by atoms with Crippen LogP contribution in [-0.2, 0) is 16.1 Å². The number of aromatic nitrogens is 1. The van der Waals surface area contributed by atoms with Crippen LogP contribution < -0.4 is 15.6 Å². The van der Waals surface area contributed by atoms with Gasteiger partial charge in [-0.25, -0.2) is 0 Å². The lowest BCUT2D eigenvalue weighted by Crippen LogP contribution is -2.29. The maximum absolute atomic E-state index is 12.4. The minimum Gasteiger partial charge on any atom is -0.483 e. The van der Waals surface area contributed by atoms with Crippen molar-refractivity contribution < 1.29 is 14.3 Å². The first-order valence-corrected chi connectivity index (χ1v) is 7.29. The topological polar surface area (TPSA) is 69.6 Å². The number of pyridine rings is 1. The molecule has 1 aromatic carbocycles. The summed E-state index contributed by atoms with van der Waals surface area (Å²) in [7, 11) is 1.59. The molecule has 1 heterocycles. The number of benzene rings is 1. The van der Waals surface area contributed by atoms with Gasteiger partial charge in [-0.15, -0.1) is 6.58 Å². The molecule has 0 atom stereocenters. The van der Waals surface area contributed by atoms with Gasteiger partial charge in [0.25, 0.3) is 11.5 Å². The van der Waals surface area contributed by atoms with E-state index < -0.39 is 0 Å². The van der Waals surface area contributed by atoms with Gasteiger partial charge in [0.05, 0.1) is 12.0 Å². The number of nitrogens with one attached hydrogen (secondary N) is 1. The van der Waals surface area contributed by atoms with Crippen molar-refractivity contribution in [3.05, 3.63) is 53.5 Å². The standard InChI is InChI=1S/C17H20N2O4/c1-3-8-18-16(20)12-23-15-6-4-5-14-13(15)7-9-19(17(14)21)10-11-22-2/h3-7,9H,1,8,10-12H2,2H3,(H,18,20). The molecule has 6 nitrogen and oxygen atoms in total. The number of methoxy groups -OCH3 is 1. The van der Waals surface area contributed by atoms with Gasteiger partial charge in [-0.05, 0) is 18.2 Å². The number of amides is 1. The maximum atomic E-state index is 12.4. The lowest BCUT2D eigenvalue weighted by molar-refractivity contribution is -0.122. The average Bonchev–Trinajstić information content (AvgIpc) is 2.57. The molecule has 6 heteroatoms. The molecule has 1 amide bonds. The van der Waals surface area contributed by atoms with Crippen molar-refractivity contribution in [3.8, 4) is 5.75 Å². The third-order valence-electron chi connectivity index (χ3n) is 3.32. The SMILES string of the molecule is C=CCNC(=O)COc1cccc2c(=O)n(CCOC)ccc12. The second-order valence-corrected chi connectivity index (χ2v) is 4.91. The molecule has 1 N–H and O–H groups in total. The lowest BCUT2D eigenvalue weighted by Gasteiger charge is -2.11. The number of rotatable bonds is 8. The van der Waals surface area contributed by atoms with Gasteiger partial charge in [0, 0.05) is 31.8 Å². The largest absolute Gasteiger partial charge is 0.483 e. The van der Waals surface area contributed by atoms with Crippen LogP contribution in [0.15, 0.2) is 47.9 Å². The molecular formula is C17H20N2O4. The maximum Gasteiger partial charge on any atom is 0.258 e. The predicted molar refractivity (Wildman–Crippen MR) is 88.8 cm³/mol. The minimum atomic E-state index is -0.240. The van der Waals surface area contributed by atoms with Crippen molar-refractivity contribution in [2.75, 3.05) is 26.9 Å². The Labute approximate surface area is 134 Å². The summed E-state index contributed by atoms with van der Waals surface area (Å²) in [6.07, 6.45) is 3.30. The number of hydrogen-bond donors (Lipinski definition) is 1. The van der Waals surface area contributed by atoms with Crippen LogP contribution in [0, 0.1) is 0 Å². The van der Waals surface area contributed by atoms with Crippen molar-refractivity contribution in [2.24, 2.45) is 0 Å². The number of fused-ring (bicyclic) bond motifs is 1. The molecule has 0 aliphatic heterocycles. The number of ether oxygens (including phenoxy) is 2. The highest BCUT2D eigenvalue weighted by Crippen LogP contribution is 2.22. The Bertz CT molecular complexity index is 752. The van der Waals surface area contributed by atoms with E-state index in [9.17, 15) is 9.59 Å². The van der Waals surface area contributed by atoms with Gasteiger partial charge in [0.2, 0.25) is 0 Å². The van der Waals surface area contributed by atoms with Crippen molar-refractivity contribution >= 4 is 16.7 Å². The normalized spacial score (nSPS) is 10.5. The molecule has 1 aromatic heterocycles. The van der Waals surface area contributed by atoms with E-state index in [0.717, 1.165) is 0 Å². The van der Waals surface area contributed by atoms with Crippen LogP contribution in [0.3, 0.4) is 0 Å². The van der Waals surface area contributed by atoms with E-state index in [4.69, 9.17) is 9.47 Å². The van der Waals surface area contributed by atoms with Crippen molar-refractivity contribution in [1.29, 1.82) is 0 Å². The molecular weight excluding hydrogens is 296 g/mol. The van der Waals surface area contributed by atoms with Gasteiger partial charge in [-0.3, -0.25) is 9.59 Å². The van der Waals surface area contributed by atoms with Gasteiger partial charge in [0.1, 0.15) is 5.75 Å². The smallest absolute Gasteiger partial charge is 0.258 e. The fraction of sp³-hybridized carbons (Fsp3) is 0.294. The van der Waals surface area contributed by atoms with E-state index in [1.54, 1.807) is 42.1 Å². The fourth-order valence-electron chi connectivity index (χ4n) is 2.16. The van der Waals surface area contributed by atoms with E-state index in [-0.39, 0.29) is 18.1 Å². The number of hydrogen-bond acceptors (Lipinski definition) is 4. The van der Waals surface area contributed by atoms with E-state index >= 15 is 0 Å². The van der Waals surface area contributed by atoms with Crippen molar-refractivity contribution in [1.82, 2.24) is 9.88 Å². The van der Waals surface area contributed by atoms with Crippen LogP contribution in [0.4, 0.5) is 0 Å². The summed E-state index contributed by atoms with van der Waals surface area (Å²) < 4.78 is 12.1. The summed E-state index contributed by atoms with van der Waals surface area (Å²) >= 11 is 0. The van der Waals surface area contributed by atoms with E-state index in [1.165, 1.54) is 0 Å². The molecule has 0 saturated heterocycles. The molecule has 0 radical (unpaired) electrons. The quantitative estimate of drug-likeness (QED) is 0.746. The zero-order valence-electron chi connectivity index (χ0n) is 13.1. The highest BCUT2D eigenvalue weighted by atomic mass is 16.5. The molecule has 2 rings (SSSR count). The summed E-state index contributed by atoms with van der Waals surface area (Å²) in [5, 5.41) is 3.86. The Hall–Kier alpha value is -2.60. The highest BCUT2D eigenvalue weighted by molar-refractivity contribution is 5.88. The van der Waals surface area contributed by atoms with Gasteiger partial charge < -0.3 is 19.4 Å². The molecule has 0 saturated carbocycles. The summed E-state index contributed by atoms with van der Waals surface area (Å²) in [5.41, 5.74) is -0.110. The van der Waals surface area contributed by atoms with Gasteiger partial charge in [-0.2, -0.15) is 0 Å². The third-order valence-corrected chi connectivity index (χ3v) is 3.32. The summed E-state index contributed by atoms with van der Waals surface area (Å²) in [4.78, 5) is 24.0. The number of nitrogens with zero attached hydrogens (tertiary/aromatic N) is 1. The summed E-state index contributed by atoms with van der Waals surface area (Å²) in [6.45, 7) is 4.76. The van der Waals surface area contributed by atoms with Gasteiger partial charge in [-0.1, -0.05) is 12.1 Å². The summed E-state index contributed by atoms with van der Waals surface area (Å²) in [6, 6.07) is 7.03. The first-order valence-electron chi connectivity index (χ1n) is 7.29. The molecule has 0 aliphatic rings. The van der Waals surface area contributed by atoms with Gasteiger partial charge >= 0.3 is 0 Å². The monoisotopic (exact) mass is 316 g/mol. The highest BCUT2D eigenvalue weighted by Gasteiger charge is 2.09. The molecule has 0 aliphatic carbocycles. The first-order chi connectivity index (χ1) is 11.2. The van der Waals surface area contributed by atoms with Crippen LogP contribution in [0.25, 0.3) is 10.8 Å². The van der Waals surface area contributed by atoms with Crippen LogP contribution in [0.5, 0.6) is 5.75 Å². The van der Waals surface area contributed by atoms with E-state index in [1.807, 2.05) is 6.07 Å². The predicted octanol–water partition coefficient (Wildman–Crippen LogP) is 1.33. The Balaban J connectivity index is 2.21. The zero-order valence-corrected chi connectivity index (χ0v) is 13.1. The van der Waals surface area contributed by atoms with E-state index in [0.29, 0.717) is 36.2 Å². The summed E-state index contributed by atoms with van der Waals surface area (Å²) in [5.74, 6) is 0.266. The van der Waals surface area contributed by atoms with Crippen molar-refractivity contribution in [2.45, 2.75) is 6.54 Å². The molecule has 23 heavy (non-hydrogen) atoms. The molecule has 0 bridgehead atoms. The number of carbonyl (C=O) groups is 1. The minimum absolute atomic E-state index is 0.110. The Kier molecular flexibility index (Phi) is 5.94. The first kappa shape index (κ1) is 16.8.